The second-order valence-electron chi connectivity index (χ2n) is 2.49. The number of carbonyl (C=O) groups is 1. The summed E-state index contributed by atoms with van der Waals surface area (Å²) in [6.07, 6.45) is 0. The summed E-state index contributed by atoms with van der Waals surface area (Å²) in [5.74, 6) is -0.106. The molecule has 66 valence electrons. The van der Waals surface area contributed by atoms with Crippen LogP contribution in [0.3, 0.4) is 0 Å². The van der Waals surface area contributed by atoms with Gasteiger partial charge in [0, 0.05) is 5.56 Å². The lowest BCUT2D eigenvalue weighted by molar-refractivity contribution is 0.101. The zero-order chi connectivity index (χ0) is 10.0. The van der Waals surface area contributed by atoms with Gasteiger partial charge < -0.3 is 0 Å². The standard InChI is InChI=1S/C9H5BrClNO/c1-5(13)6-2-7(4-12)9(10)8(11)3-6/h2-3H,1H3. The van der Waals surface area contributed by atoms with Gasteiger partial charge in [-0.2, -0.15) is 5.26 Å². The number of carbonyl (C=O) groups excluding carboxylic acids is 1. The number of nitrogens with zero attached hydrogens (tertiary/aromatic N) is 1. The topological polar surface area (TPSA) is 40.9 Å². The van der Waals surface area contributed by atoms with Crippen LogP contribution in [0.4, 0.5) is 0 Å². The molecule has 1 aromatic carbocycles. The Hall–Kier alpha value is -0.850. The second kappa shape index (κ2) is 3.91. The molecule has 0 saturated heterocycles. The summed E-state index contributed by atoms with van der Waals surface area (Å²) in [7, 11) is 0. The molecule has 0 spiro atoms. The highest BCUT2D eigenvalue weighted by atomic mass is 79.9. The zero-order valence-corrected chi connectivity index (χ0v) is 9.11. The maximum Gasteiger partial charge on any atom is 0.159 e. The molecule has 0 amide bonds. The summed E-state index contributed by atoms with van der Waals surface area (Å²) in [4.78, 5) is 11.0. The van der Waals surface area contributed by atoms with Crippen LogP contribution in [0.1, 0.15) is 22.8 Å². The van der Waals surface area contributed by atoms with Gasteiger partial charge in [0.15, 0.2) is 5.78 Å². The Balaban J connectivity index is 3.41. The Kier molecular flexibility index (Phi) is 3.07. The van der Waals surface area contributed by atoms with Gasteiger partial charge in [-0.1, -0.05) is 11.6 Å². The third-order valence-electron chi connectivity index (χ3n) is 1.56. The van der Waals surface area contributed by atoms with Crippen LogP contribution in [-0.4, -0.2) is 5.78 Å². The molecular weight excluding hydrogens is 253 g/mol. The molecule has 0 aliphatic carbocycles. The van der Waals surface area contributed by atoms with Gasteiger partial charge in [0.25, 0.3) is 0 Å². The largest absolute Gasteiger partial charge is 0.295 e. The third-order valence-corrected chi connectivity index (χ3v) is 2.94. The third kappa shape index (κ3) is 2.09. The molecule has 1 aromatic rings. The molecule has 4 heteroatoms. The molecule has 0 aliphatic rings. The molecule has 1 rings (SSSR count). The molecular formula is C9H5BrClNO. The number of halogens is 2. The van der Waals surface area contributed by atoms with Gasteiger partial charge >= 0.3 is 0 Å². The smallest absolute Gasteiger partial charge is 0.159 e. The molecule has 0 unspecified atom stereocenters. The number of Topliss-reactive ketones (excluding diaryl/α,β-unsaturated/α-hetero) is 1. The number of benzene rings is 1. The first-order chi connectivity index (χ1) is 6.06. The lowest BCUT2D eigenvalue weighted by Crippen LogP contribution is -1.93. The first-order valence-electron chi connectivity index (χ1n) is 3.46. The van der Waals surface area contributed by atoms with E-state index < -0.39 is 0 Å². The first kappa shape index (κ1) is 10.2. The monoisotopic (exact) mass is 257 g/mol. The van der Waals surface area contributed by atoms with Crippen LogP contribution in [0.2, 0.25) is 5.02 Å². The van der Waals surface area contributed by atoms with Crippen LogP contribution in [0.5, 0.6) is 0 Å². The number of nitriles is 1. The van der Waals surface area contributed by atoms with Crippen molar-refractivity contribution >= 4 is 33.3 Å². The number of hydrogen-bond acceptors (Lipinski definition) is 2. The van der Waals surface area contributed by atoms with E-state index in [9.17, 15) is 4.79 Å². The lowest BCUT2D eigenvalue weighted by Gasteiger charge is -2.01. The van der Waals surface area contributed by atoms with Crippen LogP contribution in [-0.2, 0) is 0 Å². The highest BCUT2D eigenvalue weighted by Gasteiger charge is 2.08. The van der Waals surface area contributed by atoms with Crippen LogP contribution < -0.4 is 0 Å². The van der Waals surface area contributed by atoms with E-state index in [-0.39, 0.29) is 5.78 Å². The van der Waals surface area contributed by atoms with Crippen LogP contribution >= 0.6 is 27.5 Å². The van der Waals surface area contributed by atoms with Crippen molar-refractivity contribution in [2.75, 3.05) is 0 Å². The van der Waals surface area contributed by atoms with E-state index in [1.165, 1.54) is 19.1 Å². The molecule has 0 fully saturated rings. The van der Waals surface area contributed by atoms with Gasteiger partial charge in [-0.3, -0.25) is 4.79 Å². The maximum absolute atomic E-state index is 11.0. The summed E-state index contributed by atoms with van der Waals surface area (Å²) < 4.78 is 0.529. The normalized spacial score (nSPS) is 9.38. The van der Waals surface area contributed by atoms with E-state index in [1.807, 2.05) is 6.07 Å². The highest BCUT2D eigenvalue weighted by Crippen LogP contribution is 2.27. The summed E-state index contributed by atoms with van der Waals surface area (Å²) in [5, 5.41) is 9.08. The molecule has 0 N–H and O–H groups in total. The van der Waals surface area contributed by atoms with Gasteiger partial charge in [-0.15, -0.1) is 0 Å². The molecule has 13 heavy (non-hydrogen) atoms. The molecule has 0 heterocycles. The van der Waals surface area contributed by atoms with Gasteiger partial charge in [-0.05, 0) is 35.0 Å². The fraction of sp³-hybridized carbons (Fsp3) is 0.111. The minimum Gasteiger partial charge on any atom is -0.295 e. The van der Waals surface area contributed by atoms with Crippen molar-refractivity contribution in [1.29, 1.82) is 5.26 Å². The quantitative estimate of drug-likeness (QED) is 0.726. The second-order valence-corrected chi connectivity index (χ2v) is 3.69. The summed E-state index contributed by atoms with van der Waals surface area (Å²) in [6, 6.07) is 5.00. The van der Waals surface area contributed by atoms with Gasteiger partial charge in [-0.25, -0.2) is 0 Å². The van der Waals surface area contributed by atoms with E-state index in [2.05, 4.69) is 15.9 Å². The highest BCUT2D eigenvalue weighted by molar-refractivity contribution is 9.10. The number of rotatable bonds is 1. The fourth-order valence-corrected chi connectivity index (χ4v) is 1.41. The Morgan fingerprint density at radius 3 is 2.69 bits per heavy atom. The minimum absolute atomic E-state index is 0.106. The number of hydrogen-bond donors (Lipinski definition) is 0. The van der Waals surface area contributed by atoms with Crippen LogP contribution in [0, 0.1) is 11.3 Å². The van der Waals surface area contributed by atoms with Gasteiger partial charge in [0.05, 0.1) is 15.1 Å². The summed E-state index contributed by atoms with van der Waals surface area (Å²) >= 11 is 8.95. The summed E-state index contributed by atoms with van der Waals surface area (Å²) in [6.45, 7) is 1.43. The van der Waals surface area contributed by atoms with Crippen molar-refractivity contribution in [2.45, 2.75) is 6.92 Å². The van der Waals surface area contributed by atoms with E-state index >= 15 is 0 Å². The zero-order valence-electron chi connectivity index (χ0n) is 6.77. The van der Waals surface area contributed by atoms with Crippen molar-refractivity contribution in [3.63, 3.8) is 0 Å². The van der Waals surface area contributed by atoms with Crippen molar-refractivity contribution in [3.8, 4) is 6.07 Å². The van der Waals surface area contributed by atoms with Crippen molar-refractivity contribution in [2.24, 2.45) is 0 Å². The Morgan fingerprint density at radius 1 is 1.62 bits per heavy atom. The van der Waals surface area contributed by atoms with E-state index in [4.69, 9.17) is 16.9 Å². The minimum atomic E-state index is -0.106. The molecule has 0 aromatic heterocycles. The van der Waals surface area contributed by atoms with Crippen LogP contribution in [0.25, 0.3) is 0 Å². The predicted molar refractivity (Wildman–Crippen MR) is 53.9 cm³/mol. The molecule has 2 nitrogen and oxygen atoms in total. The Bertz CT molecular complexity index is 409. The van der Waals surface area contributed by atoms with Crippen molar-refractivity contribution in [3.05, 3.63) is 32.8 Å². The fourth-order valence-electron chi connectivity index (χ4n) is 0.874. The molecule has 0 aliphatic heterocycles. The SMILES string of the molecule is CC(=O)c1cc(Cl)c(Br)c(C#N)c1. The summed E-state index contributed by atoms with van der Waals surface area (Å²) in [5.41, 5.74) is 0.822. The van der Waals surface area contributed by atoms with E-state index in [0.717, 1.165) is 0 Å². The van der Waals surface area contributed by atoms with E-state index in [1.54, 1.807) is 0 Å². The maximum atomic E-state index is 11.0. The van der Waals surface area contributed by atoms with Gasteiger partial charge in [0.1, 0.15) is 6.07 Å². The Labute approximate surface area is 89.3 Å². The van der Waals surface area contributed by atoms with Crippen LogP contribution in [0.15, 0.2) is 16.6 Å². The van der Waals surface area contributed by atoms with Crippen molar-refractivity contribution in [1.82, 2.24) is 0 Å². The number of ketones is 1. The molecule has 0 atom stereocenters. The molecule has 0 radical (unpaired) electrons. The average molecular weight is 259 g/mol. The Morgan fingerprint density at radius 2 is 2.23 bits per heavy atom. The predicted octanol–water partition coefficient (Wildman–Crippen LogP) is 3.18. The average Bonchev–Trinajstić information content (AvgIpc) is 2.09. The van der Waals surface area contributed by atoms with Crippen molar-refractivity contribution < 1.29 is 4.79 Å². The molecule has 0 saturated carbocycles. The van der Waals surface area contributed by atoms with E-state index in [0.29, 0.717) is 20.6 Å². The van der Waals surface area contributed by atoms with Gasteiger partial charge in [0.2, 0.25) is 0 Å². The molecule has 0 bridgehead atoms. The first-order valence-corrected chi connectivity index (χ1v) is 4.63. The lowest BCUT2D eigenvalue weighted by atomic mass is 10.1.